The average Bonchev–Trinajstić information content (AvgIpc) is 2.34. The van der Waals surface area contributed by atoms with Crippen LogP contribution in [0.25, 0.3) is 0 Å². The highest BCUT2D eigenvalue weighted by atomic mass is 16.5. The van der Waals surface area contributed by atoms with Gasteiger partial charge in [-0.15, -0.1) is 0 Å². The number of rotatable bonds is 3. The summed E-state index contributed by atoms with van der Waals surface area (Å²) in [4.78, 5) is 4.52. The fraction of sp³-hybridized carbons (Fsp3) is 0.615. The minimum atomic E-state index is 0.366. The smallest absolute Gasteiger partial charge is 0.0605 e. The van der Waals surface area contributed by atoms with Crippen LogP contribution in [0.2, 0.25) is 0 Å². The predicted octanol–water partition coefficient (Wildman–Crippen LogP) is 2.08. The molecule has 3 heteroatoms. The van der Waals surface area contributed by atoms with Gasteiger partial charge < -0.3 is 10.1 Å². The van der Waals surface area contributed by atoms with Crippen molar-refractivity contribution < 1.29 is 4.74 Å². The van der Waals surface area contributed by atoms with Crippen LogP contribution in [0.5, 0.6) is 0 Å². The van der Waals surface area contributed by atoms with Gasteiger partial charge in [-0.3, -0.25) is 4.98 Å². The summed E-state index contributed by atoms with van der Waals surface area (Å²) in [7, 11) is 2.02. The molecule has 1 aliphatic heterocycles. The Kier molecular flexibility index (Phi) is 3.91. The van der Waals surface area contributed by atoms with E-state index in [4.69, 9.17) is 4.74 Å². The number of aryl methyl sites for hydroxylation is 1. The Morgan fingerprint density at radius 1 is 1.44 bits per heavy atom. The van der Waals surface area contributed by atoms with Crippen molar-refractivity contribution in [3.05, 3.63) is 29.6 Å². The number of hydrogen-bond acceptors (Lipinski definition) is 3. The number of hydrogen-bond donors (Lipinski definition) is 1. The Morgan fingerprint density at radius 2 is 2.19 bits per heavy atom. The number of aromatic nitrogens is 1. The number of pyridine rings is 1. The van der Waals surface area contributed by atoms with Gasteiger partial charge in [0.2, 0.25) is 0 Å². The highest BCUT2D eigenvalue weighted by Gasteiger charge is 2.25. The fourth-order valence-corrected chi connectivity index (χ4v) is 2.47. The van der Waals surface area contributed by atoms with E-state index < -0.39 is 0 Å². The van der Waals surface area contributed by atoms with Crippen molar-refractivity contribution in [1.82, 2.24) is 10.3 Å². The van der Waals surface area contributed by atoms with Gasteiger partial charge >= 0.3 is 0 Å². The largest absolute Gasteiger partial charge is 0.381 e. The lowest BCUT2D eigenvalue weighted by Crippen LogP contribution is -2.31. The minimum absolute atomic E-state index is 0.366. The fourth-order valence-electron chi connectivity index (χ4n) is 2.47. The van der Waals surface area contributed by atoms with Crippen LogP contribution in [-0.4, -0.2) is 25.2 Å². The summed E-state index contributed by atoms with van der Waals surface area (Å²) in [5.74, 6) is 0.646. The summed E-state index contributed by atoms with van der Waals surface area (Å²) in [6.45, 7) is 3.90. The average molecular weight is 220 g/mol. The van der Waals surface area contributed by atoms with Crippen molar-refractivity contribution in [2.24, 2.45) is 5.92 Å². The number of nitrogens with one attached hydrogen (secondary N) is 1. The third-order valence-corrected chi connectivity index (χ3v) is 3.39. The Hall–Kier alpha value is -0.930. The van der Waals surface area contributed by atoms with Crippen LogP contribution in [0, 0.1) is 12.8 Å². The zero-order valence-corrected chi connectivity index (χ0v) is 10.1. The first-order valence-corrected chi connectivity index (χ1v) is 5.99. The molecule has 16 heavy (non-hydrogen) atoms. The summed E-state index contributed by atoms with van der Waals surface area (Å²) >= 11 is 0. The molecule has 1 fully saturated rings. The van der Waals surface area contributed by atoms with E-state index in [1.807, 2.05) is 19.3 Å². The predicted molar refractivity (Wildman–Crippen MR) is 64.3 cm³/mol. The molecule has 0 amide bonds. The van der Waals surface area contributed by atoms with Crippen LogP contribution in [-0.2, 0) is 4.74 Å². The highest BCUT2D eigenvalue weighted by molar-refractivity contribution is 5.21. The van der Waals surface area contributed by atoms with Gasteiger partial charge in [-0.2, -0.15) is 0 Å². The van der Waals surface area contributed by atoms with Gasteiger partial charge in [0.15, 0.2) is 0 Å². The molecule has 0 bridgehead atoms. The molecule has 88 valence electrons. The quantitative estimate of drug-likeness (QED) is 0.847. The van der Waals surface area contributed by atoms with E-state index in [1.165, 1.54) is 11.3 Å². The lowest BCUT2D eigenvalue weighted by Gasteiger charge is -2.30. The van der Waals surface area contributed by atoms with E-state index in [2.05, 4.69) is 23.3 Å². The van der Waals surface area contributed by atoms with Crippen LogP contribution >= 0.6 is 0 Å². The summed E-state index contributed by atoms with van der Waals surface area (Å²) in [6.07, 6.45) is 4.13. The van der Waals surface area contributed by atoms with Gasteiger partial charge in [0, 0.05) is 19.4 Å². The molecule has 1 N–H and O–H groups in total. The minimum Gasteiger partial charge on any atom is -0.381 e. The molecule has 0 spiro atoms. The molecule has 0 aliphatic carbocycles. The molecule has 3 nitrogen and oxygen atoms in total. The molecule has 2 rings (SSSR count). The summed E-state index contributed by atoms with van der Waals surface area (Å²) in [5.41, 5.74) is 2.46. The van der Waals surface area contributed by atoms with Crippen molar-refractivity contribution in [3.8, 4) is 0 Å². The summed E-state index contributed by atoms with van der Waals surface area (Å²) < 4.78 is 5.41. The topological polar surface area (TPSA) is 34.2 Å². The maximum atomic E-state index is 5.41. The normalized spacial score (nSPS) is 19.6. The van der Waals surface area contributed by atoms with E-state index in [9.17, 15) is 0 Å². The maximum Gasteiger partial charge on any atom is 0.0605 e. The van der Waals surface area contributed by atoms with Gasteiger partial charge in [0.25, 0.3) is 0 Å². The molecule has 1 saturated heterocycles. The first kappa shape index (κ1) is 11.6. The molecule has 1 aliphatic rings. The van der Waals surface area contributed by atoms with Gasteiger partial charge in [-0.25, -0.2) is 0 Å². The van der Waals surface area contributed by atoms with E-state index >= 15 is 0 Å². The zero-order chi connectivity index (χ0) is 11.4. The molecule has 1 aromatic heterocycles. The third-order valence-electron chi connectivity index (χ3n) is 3.39. The van der Waals surface area contributed by atoms with Crippen molar-refractivity contribution in [3.63, 3.8) is 0 Å². The standard InChI is InChI=1S/C13H20N2O/c1-10-4-3-7-15-12(10)13(14-2)11-5-8-16-9-6-11/h3-4,7,11,13-14H,5-6,8-9H2,1-2H3. The van der Waals surface area contributed by atoms with Crippen LogP contribution < -0.4 is 5.32 Å². The summed E-state index contributed by atoms with van der Waals surface area (Å²) in [5, 5.41) is 3.41. The van der Waals surface area contributed by atoms with E-state index in [0.717, 1.165) is 26.1 Å². The molecule has 1 aromatic rings. The van der Waals surface area contributed by atoms with Crippen LogP contribution in [0.15, 0.2) is 18.3 Å². The molecule has 0 saturated carbocycles. The van der Waals surface area contributed by atoms with Gasteiger partial charge in [-0.05, 0) is 44.4 Å². The highest BCUT2D eigenvalue weighted by Crippen LogP contribution is 2.29. The third kappa shape index (κ3) is 2.42. The molecule has 2 heterocycles. The molecule has 1 unspecified atom stereocenters. The second kappa shape index (κ2) is 5.41. The van der Waals surface area contributed by atoms with Gasteiger partial charge in [0.1, 0.15) is 0 Å². The van der Waals surface area contributed by atoms with Gasteiger partial charge in [-0.1, -0.05) is 6.07 Å². The second-order valence-corrected chi connectivity index (χ2v) is 4.42. The first-order chi connectivity index (χ1) is 7.83. The Bertz CT molecular complexity index is 334. The Labute approximate surface area is 97.2 Å². The first-order valence-electron chi connectivity index (χ1n) is 5.99. The SMILES string of the molecule is CNC(c1ncccc1C)C1CCOCC1. The zero-order valence-electron chi connectivity index (χ0n) is 10.1. The van der Waals surface area contributed by atoms with E-state index in [-0.39, 0.29) is 0 Å². The van der Waals surface area contributed by atoms with Crippen molar-refractivity contribution in [2.45, 2.75) is 25.8 Å². The molecular weight excluding hydrogens is 200 g/mol. The second-order valence-electron chi connectivity index (χ2n) is 4.42. The van der Waals surface area contributed by atoms with Gasteiger partial charge in [0.05, 0.1) is 11.7 Å². The molecular formula is C13H20N2O. The Morgan fingerprint density at radius 3 is 2.81 bits per heavy atom. The van der Waals surface area contributed by atoms with E-state index in [1.54, 1.807) is 0 Å². The van der Waals surface area contributed by atoms with E-state index in [0.29, 0.717) is 12.0 Å². The van der Waals surface area contributed by atoms with Crippen LogP contribution in [0.3, 0.4) is 0 Å². The summed E-state index contributed by atoms with van der Waals surface area (Å²) in [6, 6.07) is 4.49. The Balaban J connectivity index is 2.18. The number of ether oxygens (including phenoxy) is 1. The van der Waals surface area contributed by atoms with Crippen LogP contribution in [0.4, 0.5) is 0 Å². The lowest BCUT2D eigenvalue weighted by atomic mass is 9.88. The molecule has 0 aromatic carbocycles. The maximum absolute atomic E-state index is 5.41. The van der Waals surface area contributed by atoms with Crippen molar-refractivity contribution in [1.29, 1.82) is 0 Å². The van der Waals surface area contributed by atoms with Crippen molar-refractivity contribution in [2.75, 3.05) is 20.3 Å². The molecule has 0 radical (unpaired) electrons. The molecule has 1 atom stereocenters. The van der Waals surface area contributed by atoms with Crippen molar-refractivity contribution >= 4 is 0 Å². The monoisotopic (exact) mass is 220 g/mol. The number of nitrogens with zero attached hydrogens (tertiary/aromatic N) is 1. The lowest BCUT2D eigenvalue weighted by molar-refractivity contribution is 0.0540. The van der Waals surface area contributed by atoms with Crippen LogP contribution in [0.1, 0.15) is 30.1 Å².